The van der Waals surface area contributed by atoms with Gasteiger partial charge in [0.05, 0.1) is 36.8 Å². The molecule has 4 aromatic rings. The number of anilines is 1. The van der Waals surface area contributed by atoms with E-state index in [0.29, 0.717) is 33.0 Å². The van der Waals surface area contributed by atoms with Crippen LogP contribution in [-0.4, -0.2) is 40.1 Å². The molecule has 10 heteroatoms. The minimum Gasteiger partial charge on any atom is -0.493 e. The summed E-state index contributed by atoms with van der Waals surface area (Å²) in [6.07, 6.45) is 1.51. The zero-order chi connectivity index (χ0) is 21.1. The van der Waals surface area contributed by atoms with Crippen LogP contribution in [-0.2, 0) is 0 Å². The molecule has 0 spiro atoms. The van der Waals surface area contributed by atoms with E-state index in [2.05, 4.69) is 20.6 Å². The van der Waals surface area contributed by atoms with Crippen LogP contribution in [0.4, 0.5) is 5.13 Å². The first-order valence-corrected chi connectivity index (χ1v) is 10.0. The van der Waals surface area contributed by atoms with Crippen molar-refractivity contribution in [2.45, 2.75) is 0 Å². The van der Waals surface area contributed by atoms with Gasteiger partial charge in [-0.2, -0.15) is 0 Å². The lowest BCUT2D eigenvalue weighted by Crippen LogP contribution is -2.12. The zero-order valence-electron chi connectivity index (χ0n) is 16.0. The van der Waals surface area contributed by atoms with Crippen molar-refractivity contribution in [2.75, 3.05) is 19.5 Å². The number of aromatic nitrogens is 4. The SMILES string of the molecule is COc1ccc(-c2csc(NC(=O)c3cn(-c4ccccc4Cl)nn3)n2)cc1OC. The third kappa shape index (κ3) is 3.98. The highest BCUT2D eigenvalue weighted by atomic mass is 35.5. The number of benzene rings is 2. The van der Waals surface area contributed by atoms with Gasteiger partial charge in [-0.1, -0.05) is 28.9 Å². The van der Waals surface area contributed by atoms with E-state index < -0.39 is 5.91 Å². The monoisotopic (exact) mass is 441 g/mol. The molecule has 0 aliphatic carbocycles. The summed E-state index contributed by atoms with van der Waals surface area (Å²) in [4.78, 5) is 17.0. The zero-order valence-corrected chi connectivity index (χ0v) is 17.6. The molecular formula is C20H16ClN5O3S. The fourth-order valence-corrected chi connectivity index (χ4v) is 3.68. The van der Waals surface area contributed by atoms with Gasteiger partial charge in [0.25, 0.3) is 5.91 Å². The van der Waals surface area contributed by atoms with Gasteiger partial charge in [0, 0.05) is 10.9 Å². The van der Waals surface area contributed by atoms with Crippen molar-refractivity contribution in [2.24, 2.45) is 0 Å². The molecule has 0 atom stereocenters. The highest BCUT2D eigenvalue weighted by Gasteiger charge is 2.15. The van der Waals surface area contributed by atoms with Crippen LogP contribution in [0, 0.1) is 0 Å². The van der Waals surface area contributed by atoms with Crippen LogP contribution in [0.2, 0.25) is 5.02 Å². The number of halogens is 1. The third-order valence-corrected chi connectivity index (χ3v) is 5.31. The smallest absolute Gasteiger partial charge is 0.279 e. The maximum absolute atomic E-state index is 12.5. The number of hydrogen-bond acceptors (Lipinski definition) is 7. The fraction of sp³-hybridized carbons (Fsp3) is 0.100. The van der Waals surface area contributed by atoms with Gasteiger partial charge in [-0.05, 0) is 30.3 Å². The molecule has 1 N–H and O–H groups in total. The van der Waals surface area contributed by atoms with Crippen LogP contribution in [0.25, 0.3) is 16.9 Å². The number of hydrogen-bond donors (Lipinski definition) is 1. The number of thiazole rings is 1. The Kier molecular flexibility index (Phi) is 5.64. The predicted molar refractivity (Wildman–Crippen MR) is 115 cm³/mol. The number of para-hydroxylation sites is 1. The van der Waals surface area contributed by atoms with E-state index >= 15 is 0 Å². The Balaban J connectivity index is 1.51. The van der Waals surface area contributed by atoms with Crippen LogP contribution >= 0.6 is 22.9 Å². The van der Waals surface area contributed by atoms with E-state index in [4.69, 9.17) is 21.1 Å². The minimum atomic E-state index is -0.415. The normalized spacial score (nSPS) is 10.6. The second kappa shape index (κ2) is 8.52. The number of carbonyl (C=O) groups excluding carboxylic acids is 1. The van der Waals surface area contributed by atoms with Gasteiger partial charge in [0.15, 0.2) is 22.3 Å². The van der Waals surface area contributed by atoms with Crippen molar-refractivity contribution in [3.8, 4) is 28.4 Å². The van der Waals surface area contributed by atoms with Crippen molar-refractivity contribution in [3.63, 3.8) is 0 Å². The minimum absolute atomic E-state index is 0.151. The molecule has 1 amide bonds. The van der Waals surface area contributed by atoms with Gasteiger partial charge >= 0.3 is 0 Å². The number of amides is 1. The van der Waals surface area contributed by atoms with E-state index in [-0.39, 0.29) is 5.69 Å². The summed E-state index contributed by atoms with van der Waals surface area (Å²) in [6.45, 7) is 0. The van der Waals surface area contributed by atoms with Crippen LogP contribution in [0.5, 0.6) is 11.5 Å². The summed E-state index contributed by atoms with van der Waals surface area (Å²) in [7, 11) is 3.15. The molecule has 0 bridgehead atoms. The second-order valence-electron chi connectivity index (χ2n) is 6.06. The van der Waals surface area contributed by atoms with Crippen molar-refractivity contribution in [1.29, 1.82) is 0 Å². The number of nitrogens with one attached hydrogen (secondary N) is 1. The predicted octanol–water partition coefficient (Wildman–Crippen LogP) is 4.31. The Bertz CT molecular complexity index is 1210. The molecule has 4 rings (SSSR count). The number of rotatable bonds is 6. The van der Waals surface area contributed by atoms with Crippen LogP contribution < -0.4 is 14.8 Å². The summed E-state index contributed by atoms with van der Waals surface area (Å²) in [5.41, 5.74) is 2.33. The first-order valence-electron chi connectivity index (χ1n) is 8.75. The Morgan fingerprint density at radius 2 is 1.93 bits per heavy atom. The molecular weight excluding hydrogens is 426 g/mol. The molecule has 0 saturated heterocycles. The van der Waals surface area contributed by atoms with E-state index in [1.165, 1.54) is 22.2 Å². The molecule has 0 fully saturated rings. The van der Waals surface area contributed by atoms with Gasteiger partial charge in [-0.25, -0.2) is 9.67 Å². The summed E-state index contributed by atoms with van der Waals surface area (Å²) < 4.78 is 12.0. The summed E-state index contributed by atoms with van der Waals surface area (Å²) in [6, 6.07) is 12.7. The average molecular weight is 442 g/mol. The van der Waals surface area contributed by atoms with Crippen molar-refractivity contribution in [1.82, 2.24) is 20.0 Å². The lowest BCUT2D eigenvalue weighted by molar-refractivity contribution is 0.102. The van der Waals surface area contributed by atoms with Gasteiger partial charge in [-0.3, -0.25) is 10.1 Å². The average Bonchev–Trinajstić information content (AvgIpc) is 3.43. The maximum atomic E-state index is 12.5. The largest absolute Gasteiger partial charge is 0.493 e. The quantitative estimate of drug-likeness (QED) is 0.479. The Hall–Kier alpha value is -3.43. The molecule has 0 radical (unpaired) electrons. The standard InChI is InChI=1S/C20H16ClN5O3S/c1-28-17-8-7-12(9-18(17)29-2)15-11-30-20(22-15)23-19(27)14-10-26(25-24-14)16-6-4-3-5-13(16)21/h3-11H,1-2H3,(H,22,23,27). The van der Waals surface area contributed by atoms with E-state index in [1.807, 2.05) is 29.6 Å². The summed E-state index contributed by atoms with van der Waals surface area (Å²) >= 11 is 7.47. The Morgan fingerprint density at radius 3 is 2.70 bits per heavy atom. The highest BCUT2D eigenvalue weighted by molar-refractivity contribution is 7.14. The molecule has 2 heterocycles. The van der Waals surface area contributed by atoms with E-state index in [0.717, 1.165) is 5.56 Å². The first-order chi connectivity index (χ1) is 14.6. The first kappa shape index (κ1) is 19.9. The third-order valence-electron chi connectivity index (χ3n) is 4.23. The Morgan fingerprint density at radius 1 is 1.13 bits per heavy atom. The number of carbonyl (C=O) groups is 1. The van der Waals surface area contributed by atoms with Gasteiger partial charge in [0.1, 0.15) is 0 Å². The number of nitrogens with zero attached hydrogens (tertiary/aromatic N) is 4. The molecule has 30 heavy (non-hydrogen) atoms. The van der Waals surface area contributed by atoms with Crippen molar-refractivity contribution in [3.05, 3.63) is 64.8 Å². The van der Waals surface area contributed by atoms with E-state index in [1.54, 1.807) is 32.4 Å². The van der Waals surface area contributed by atoms with Gasteiger partial charge in [0.2, 0.25) is 0 Å². The molecule has 8 nitrogen and oxygen atoms in total. The number of ether oxygens (including phenoxy) is 2. The Labute approximate surface area is 181 Å². The van der Waals surface area contributed by atoms with Crippen molar-refractivity contribution < 1.29 is 14.3 Å². The molecule has 0 aliphatic heterocycles. The second-order valence-corrected chi connectivity index (χ2v) is 7.33. The summed E-state index contributed by atoms with van der Waals surface area (Å²) in [5.74, 6) is 0.817. The summed E-state index contributed by atoms with van der Waals surface area (Å²) in [5, 5.41) is 13.4. The van der Waals surface area contributed by atoms with Gasteiger partial charge in [-0.15, -0.1) is 16.4 Å². The topological polar surface area (TPSA) is 91.2 Å². The fourth-order valence-electron chi connectivity index (χ4n) is 2.74. The highest BCUT2D eigenvalue weighted by Crippen LogP contribution is 2.33. The van der Waals surface area contributed by atoms with Crippen LogP contribution in [0.1, 0.15) is 10.5 Å². The van der Waals surface area contributed by atoms with Crippen molar-refractivity contribution >= 4 is 34.0 Å². The van der Waals surface area contributed by atoms with Crippen LogP contribution in [0.3, 0.4) is 0 Å². The number of methoxy groups -OCH3 is 2. The van der Waals surface area contributed by atoms with Gasteiger partial charge < -0.3 is 9.47 Å². The molecule has 0 unspecified atom stereocenters. The molecule has 0 aliphatic rings. The van der Waals surface area contributed by atoms with E-state index in [9.17, 15) is 4.79 Å². The molecule has 152 valence electrons. The molecule has 2 aromatic carbocycles. The lowest BCUT2D eigenvalue weighted by Gasteiger charge is -2.08. The molecule has 2 aromatic heterocycles. The molecule has 0 saturated carbocycles. The lowest BCUT2D eigenvalue weighted by atomic mass is 10.1. The van der Waals surface area contributed by atoms with Crippen LogP contribution in [0.15, 0.2) is 54.0 Å². The maximum Gasteiger partial charge on any atom is 0.279 e.